The van der Waals surface area contributed by atoms with Crippen molar-refractivity contribution in [2.24, 2.45) is 5.92 Å². The fourth-order valence-corrected chi connectivity index (χ4v) is 5.86. The first-order chi connectivity index (χ1) is 15.1. The molecule has 2 fully saturated rings. The van der Waals surface area contributed by atoms with Crippen molar-refractivity contribution in [3.63, 3.8) is 0 Å². The monoisotopic (exact) mass is 451 g/mol. The molecule has 0 radical (unpaired) electrons. The van der Waals surface area contributed by atoms with Gasteiger partial charge in [0, 0.05) is 35.8 Å². The number of rotatable bonds is 5. The Balaban J connectivity index is 1.45. The molecule has 0 bridgehead atoms. The van der Waals surface area contributed by atoms with Gasteiger partial charge in [-0.25, -0.2) is 4.39 Å². The summed E-state index contributed by atoms with van der Waals surface area (Å²) < 4.78 is 22.2. The van der Waals surface area contributed by atoms with Crippen LogP contribution in [0, 0.1) is 11.7 Å². The first-order valence-electron chi connectivity index (χ1n) is 10.5. The molecule has 0 unspecified atom stereocenters. The third-order valence-corrected chi connectivity index (χ3v) is 7.48. The van der Waals surface area contributed by atoms with E-state index in [1.165, 1.54) is 17.8 Å². The Morgan fingerprint density at radius 3 is 2.90 bits per heavy atom. The van der Waals surface area contributed by atoms with Crippen LogP contribution in [0.2, 0.25) is 0 Å². The molecule has 2 atom stereocenters. The lowest BCUT2D eigenvalue weighted by molar-refractivity contribution is -0.117. The topological polar surface area (TPSA) is 31.2 Å². The number of halogens is 1. The number of Topliss-reactive ketones (excluding diaryl/α,β-unsaturated/α-hetero) is 1. The van der Waals surface area contributed by atoms with E-state index in [2.05, 4.69) is 10.6 Å². The summed E-state index contributed by atoms with van der Waals surface area (Å²) in [5.74, 6) is -0.377. The maximum absolute atomic E-state index is 13.6. The zero-order valence-electron chi connectivity index (χ0n) is 16.9. The summed E-state index contributed by atoms with van der Waals surface area (Å²) in [6.45, 7) is 1.33. The molecule has 0 saturated carbocycles. The number of hydrogen-bond donors (Lipinski definition) is 0. The first kappa shape index (κ1) is 20.6. The number of benzene rings is 2. The van der Waals surface area contributed by atoms with Gasteiger partial charge in [-0.05, 0) is 49.1 Å². The zero-order valence-corrected chi connectivity index (χ0v) is 18.6. The molecular weight excluding hydrogens is 429 g/mol. The molecule has 2 saturated heterocycles. The van der Waals surface area contributed by atoms with Gasteiger partial charge in [0.25, 0.3) is 0 Å². The molecule has 5 rings (SSSR count). The van der Waals surface area contributed by atoms with Crippen molar-refractivity contribution < 1.29 is 13.9 Å². The highest BCUT2D eigenvalue weighted by Gasteiger charge is 2.37. The third kappa shape index (κ3) is 4.25. The molecule has 1 aromatic heterocycles. The van der Waals surface area contributed by atoms with Gasteiger partial charge in [0.1, 0.15) is 5.82 Å². The highest BCUT2D eigenvalue weighted by molar-refractivity contribution is 8.27. The Morgan fingerprint density at radius 2 is 2.10 bits per heavy atom. The number of aromatic nitrogens is 1. The van der Waals surface area contributed by atoms with Gasteiger partial charge in [0.15, 0.2) is 5.78 Å². The summed E-state index contributed by atoms with van der Waals surface area (Å²) in [6, 6.07) is 14.7. The number of fused-ring (bicyclic) bond motifs is 1. The normalized spacial score (nSPS) is 22.8. The number of ketones is 1. The molecule has 2 aromatic carbocycles. The van der Waals surface area contributed by atoms with Gasteiger partial charge in [-0.3, -0.25) is 4.79 Å². The van der Waals surface area contributed by atoms with Gasteiger partial charge < -0.3 is 9.30 Å². The summed E-state index contributed by atoms with van der Waals surface area (Å²) >= 11 is 6.96. The van der Waals surface area contributed by atoms with Crippen LogP contribution in [0.4, 0.5) is 4.39 Å². The molecule has 158 valence electrons. The van der Waals surface area contributed by atoms with Gasteiger partial charge in [0.05, 0.1) is 21.1 Å². The van der Waals surface area contributed by atoms with Crippen molar-refractivity contribution >= 4 is 50.9 Å². The fraction of sp³-hybridized carbons (Fsp3) is 0.280. The number of hydrogen-bond acceptors (Lipinski definition) is 4. The predicted octanol–water partition coefficient (Wildman–Crippen LogP) is 6.00. The standard InChI is InChI=1S/C25H22FNO2S2/c26-18-6-3-5-16(11-18)14-27-15-17(20-8-1-2-9-22(20)27)12-23-24(28)21(25(30)31-23)13-19-7-4-10-29-19/h1-3,5-6,8-9,11-12,15,19,21H,4,7,10,13-14H2/b23-12-/t19-,21-/m1/s1. The number of ether oxygens (including phenoxy) is 1. The Morgan fingerprint density at radius 1 is 1.23 bits per heavy atom. The molecule has 0 spiro atoms. The Bertz CT molecular complexity index is 1190. The minimum atomic E-state index is -0.241. The van der Waals surface area contributed by atoms with Crippen LogP contribution in [0.5, 0.6) is 0 Å². The zero-order chi connectivity index (χ0) is 21.4. The van der Waals surface area contributed by atoms with E-state index >= 15 is 0 Å². The molecule has 2 aliphatic heterocycles. The van der Waals surface area contributed by atoms with Crippen LogP contribution in [-0.2, 0) is 16.1 Å². The quantitative estimate of drug-likeness (QED) is 0.352. The van der Waals surface area contributed by atoms with Crippen LogP contribution in [0.3, 0.4) is 0 Å². The minimum absolute atomic E-state index is 0.104. The Labute approximate surface area is 190 Å². The summed E-state index contributed by atoms with van der Waals surface area (Å²) in [6.07, 6.45) is 6.87. The second-order valence-corrected chi connectivity index (χ2v) is 9.86. The van der Waals surface area contributed by atoms with Crippen molar-refractivity contribution in [2.75, 3.05) is 6.61 Å². The molecule has 0 amide bonds. The van der Waals surface area contributed by atoms with E-state index in [0.717, 1.165) is 45.7 Å². The average molecular weight is 452 g/mol. The number of para-hydroxylation sites is 1. The summed E-state index contributed by atoms with van der Waals surface area (Å²) in [5.41, 5.74) is 2.92. The Kier molecular flexibility index (Phi) is 5.78. The second kappa shape index (κ2) is 8.69. The first-order valence-corrected chi connectivity index (χ1v) is 11.7. The number of allylic oxidation sites excluding steroid dienone is 1. The molecule has 3 heterocycles. The second-order valence-electron chi connectivity index (χ2n) is 8.08. The largest absolute Gasteiger partial charge is 0.378 e. The van der Waals surface area contributed by atoms with Gasteiger partial charge in [-0.2, -0.15) is 0 Å². The van der Waals surface area contributed by atoms with Crippen LogP contribution >= 0.6 is 24.0 Å². The van der Waals surface area contributed by atoms with Crippen LogP contribution in [0.25, 0.3) is 17.0 Å². The van der Waals surface area contributed by atoms with Crippen LogP contribution in [-0.4, -0.2) is 27.3 Å². The lowest BCUT2D eigenvalue weighted by Crippen LogP contribution is -2.20. The van der Waals surface area contributed by atoms with Crippen molar-refractivity contribution in [3.05, 3.63) is 76.6 Å². The highest BCUT2D eigenvalue weighted by atomic mass is 32.2. The Hall–Kier alpha value is -2.28. The molecule has 2 aliphatic rings. The molecule has 31 heavy (non-hydrogen) atoms. The summed E-state index contributed by atoms with van der Waals surface area (Å²) in [5, 5.41) is 1.06. The van der Waals surface area contributed by atoms with Crippen LogP contribution < -0.4 is 0 Å². The minimum Gasteiger partial charge on any atom is -0.378 e. The maximum atomic E-state index is 13.6. The lowest BCUT2D eigenvalue weighted by Gasteiger charge is -2.12. The van der Waals surface area contributed by atoms with Gasteiger partial charge in [0.2, 0.25) is 0 Å². The highest BCUT2D eigenvalue weighted by Crippen LogP contribution is 2.40. The number of carbonyl (C=O) groups is 1. The van der Waals surface area contributed by atoms with E-state index in [1.54, 1.807) is 12.1 Å². The van der Waals surface area contributed by atoms with Crippen molar-refractivity contribution in [1.82, 2.24) is 4.57 Å². The number of nitrogens with zero attached hydrogens (tertiary/aromatic N) is 1. The molecule has 0 aliphatic carbocycles. The number of thioether (sulfide) groups is 1. The van der Waals surface area contributed by atoms with Gasteiger partial charge in [-0.1, -0.05) is 54.3 Å². The van der Waals surface area contributed by atoms with Crippen molar-refractivity contribution in [3.8, 4) is 0 Å². The van der Waals surface area contributed by atoms with Crippen molar-refractivity contribution in [1.29, 1.82) is 0 Å². The SMILES string of the molecule is O=C1/C(=C/c2cn(Cc3cccc(F)c3)c3ccccc23)SC(=S)[C@@H]1C[C@H]1CCCO1. The smallest absolute Gasteiger partial charge is 0.178 e. The van der Waals surface area contributed by atoms with E-state index in [-0.39, 0.29) is 23.6 Å². The van der Waals surface area contributed by atoms with Crippen LogP contribution in [0.1, 0.15) is 30.4 Å². The predicted molar refractivity (Wildman–Crippen MR) is 128 cm³/mol. The van der Waals surface area contributed by atoms with Crippen LogP contribution in [0.15, 0.2) is 59.6 Å². The van der Waals surface area contributed by atoms with E-state index in [9.17, 15) is 9.18 Å². The van der Waals surface area contributed by atoms with E-state index in [0.29, 0.717) is 17.9 Å². The van der Waals surface area contributed by atoms with Gasteiger partial charge in [-0.15, -0.1) is 0 Å². The number of carbonyl (C=O) groups excluding carboxylic acids is 1. The maximum Gasteiger partial charge on any atom is 0.178 e. The molecular formula is C25H22FNO2S2. The molecule has 6 heteroatoms. The molecule has 0 N–H and O–H groups in total. The van der Waals surface area contributed by atoms with Crippen molar-refractivity contribution in [2.45, 2.75) is 31.9 Å². The van der Waals surface area contributed by atoms with E-state index < -0.39 is 0 Å². The van der Waals surface area contributed by atoms with E-state index in [1.807, 2.05) is 36.5 Å². The summed E-state index contributed by atoms with van der Waals surface area (Å²) in [7, 11) is 0. The van der Waals surface area contributed by atoms with E-state index in [4.69, 9.17) is 17.0 Å². The molecule has 3 aromatic rings. The number of thiocarbonyl (C=S) groups is 1. The summed E-state index contributed by atoms with van der Waals surface area (Å²) in [4.78, 5) is 13.8. The van der Waals surface area contributed by atoms with Gasteiger partial charge >= 0.3 is 0 Å². The lowest BCUT2D eigenvalue weighted by atomic mass is 9.96. The fourth-order valence-electron chi connectivity index (χ4n) is 4.40. The average Bonchev–Trinajstić information content (AvgIpc) is 3.45. The molecule has 3 nitrogen and oxygen atoms in total. The third-order valence-electron chi connectivity index (χ3n) is 5.92.